The van der Waals surface area contributed by atoms with E-state index in [4.69, 9.17) is 5.11 Å². The maximum atomic E-state index is 11.5. The number of carbonyl (C=O) groups is 2. The lowest BCUT2D eigenvalue weighted by atomic mass is 9.97. The molecular weight excluding hydrogens is 679 g/mol. The SMILES string of the molecule is C/C(=C/c1ccnc(N2CCC(CNCc3cc(-c4ccsc4)cs3)CC2)n1)SC(=O)NC=O.C=CS.CCC.CCC.CCC.CO. The minimum Gasteiger partial charge on any atom is -0.400 e. The first-order valence-electron chi connectivity index (χ1n) is 16.5. The van der Waals surface area contributed by atoms with Gasteiger partial charge in [-0.15, -0.1) is 11.3 Å². The number of carbonyl (C=O) groups excluding carboxylic acids is 2. The number of piperidine rings is 1. The Hall–Kier alpha value is -2.48. The number of amides is 2. The molecule has 0 aliphatic carbocycles. The van der Waals surface area contributed by atoms with Gasteiger partial charge in [-0.3, -0.25) is 14.9 Å². The first kappa shape index (κ1) is 47.6. The van der Waals surface area contributed by atoms with E-state index in [1.165, 1.54) is 40.7 Å². The molecular formula is C36H59N5O3S4. The molecule has 4 heterocycles. The van der Waals surface area contributed by atoms with Gasteiger partial charge in [0.25, 0.3) is 5.24 Å². The normalized spacial score (nSPS) is 12.0. The number of thiol groups is 1. The molecule has 270 valence electrons. The van der Waals surface area contributed by atoms with Crippen molar-refractivity contribution in [2.24, 2.45) is 5.92 Å². The zero-order valence-electron chi connectivity index (χ0n) is 30.2. The molecule has 4 rings (SSSR count). The molecule has 0 unspecified atom stereocenters. The number of aromatic nitrogens is 2. The average molecular weight is 738 g/mol. The van der Waals surface area contributed by atoms with Crippen molar-refractivity contribution in [3.05, 3.63) is 68.0 Å². The summed E-state index contributed by atoms with van der Waals surface area (Å²) in [4.78, 5) is 35.3. The van der Waals surface area contributed by atoms with Crippen LogP contribution in [0.3, 0.4) is 0 Å². The molecule has 2 amide bonds. The Bertz CT molecular complexity index is 1220. The van der Waals surface area contributed by atoms with Crippen molar-refractivity contribution in [1.29, 1.82) is 0 Å². The standard InChI is InChI=1S/C24H27N5O2S3.3C3H8.C2H4S.CH4O/c1-17(34-24(31)27-16-30)10-21-2-6-26-23(28-21)29-7-3-18(4-8-29)12-25-13-22-11-20(15-33-22)19-5-9-32-14-19;3*1-3-2;1-2-3;1-2/h2,5-6,9-11,14-16,18,25H,3-4,7-8,12-13H2,1H3,(H,27,30,31);3*3H2,1-2H3;2-3H,1H2;2H,1H3/b17-10-;;;;;. The number of hydrogen-bond acceptors (Lipinski definition) is 11. The van der Waals surface area contributed by atoms with Crippen molar-refractivity contribution in [2.45, 2.75) is 87.1 Å². The highest BCUT2D eigenvalue weighted by atomic mass is 32.2. The molecule has 1 aliphatic heterocycles. The topological polar surface area (TPSA) is 107 Å². The van der Waals surface area contributed by atoms with Gasteiger partial charge >= 0.3 is 0 Å². The number of hydrogen-bond donors (Lipinski definition) is 4. The highest BCUT2D eigenvalue weighted by Crippen LogP contribution is 2.27. The number of aliphatic hydroxyl groups is 1. The molecule has 1 saturated heterocycles. The summed E-state index contributed by atoms with van der Waals surface area (Å²) in [5, 5.41) is 20.3. The minimum absolute atomic E-state index is 0.384. The largest absolute Gasteiger partial charge is 0.400 e. The quantitative estimate of drug-likeness (QED) is 0.127. The van der Waals surface area contributed by atoms with E-state index in [0.717, 1.165) is 74.4 Å². The van der Waals surface area contributed by atoms with Gasteiger partial charge < -0.3 is 15.3 Å². The van der Waals surface area contributed by atoms with Crippen molar-refractivity contribution in [1.82, 2.24) is 20.6 Å². The first-order valence-corrected chi connectivity index (χ1v) is 19.6. The number of rotatable bonds is 9. The van der Waals surface area contributed by atoms with Crippen molar-refractivity contribution in [3.8, 4) is 11.1 Å². The van der Waals surface area contributed by atoms with Gasteiger partial charge in [0.05, 0.1) is 5.69 Å². The fraction of sp³-hybridized carbons (Fsp3) is 0.500. The second-order valence-corrected chi connectivity index (χ2v) is 13.7. The number of thiophene rings is 2. The number of anilines is 1. The van der Waals surface area contributed by atoms with E-state index >= 15 is 0 Å². The Kier molecular flexibility index (Phi) is 32.8. The second-order valence-electron chi connectivity index (χ2n) is 10.4. The van der Waals surface area contributed by atoms with Crippen LogP contribution in [0.15, 0.2) is 57.4 Å². The smallest absolute Gasteiger partial charge is 0.289 e. The number of aliphatic hydroxyl groups excluding tert-OH is 1. The van der Waals surface area contributed by atoms with Gasteiger partial charge in [0.2, 0.25) is 12.4 Å². The van der Waals surface area contributed by atoms with Crippen LogP contribution in [-0.4, -0.2) is 53.5 Å². The van der Waals surface area contributed by atoms with E-state index < -0.39 is 5.24 Å². The van der Waals surface area contributed by atoms with Gasteiger partial charge in [-0.05, 0) is 106 Å². The van der Waals surface area contributed by atoms with Crippen LogP contribution in [0.5, 0.6) is 0 Å². The molecule has 8 nitrogen and oxygen atoms in total. The van der Waals surface area contributed by atoms with E-state index in [1.807, 2.05) is 30.4 Å². The van der Waals surface area contributed by atoms with Gasteiger partial charge in [0.1, 0.15) is 0 Å². The molecule has 3 aromatic rings. The molecule has 1 aliphatic rings. The molecule has 0 spiro atoms. The molecule has 0 radical (unpaired) electrons. The Labute approximate surface area is 308 Å². The summed E-state index contributed by atoms with van der Waals surface area (Å²) in [6.07, 6.45) is 9.90. The Morgan fingerprint density at radius 1 is 1.08 bits per heavy atom. The van der Waals surface area contributed by atoms with Gasteiger partial charge in [-0.25, -0.2) is 9.97 Å². The third-order valence-corrected chi connectivity index (χ3v) is 7.95. The fourth-order valence-corrected chi connectivity index (χ4v) is 5.95. The minimum atomic E-state index is -0.407. The van der Waals surface area contributed by atoms with E-state index in [9.17, 15) is 9.59 Å². The van der Waals surface area contributed by atoms with Crippen LogP contribution in [0.1, 0.15) is 91.1 Å². The molecule has 3 N–H and O–H groups in total. The maximum absolute atomic E-state index is 11.5. The molecule has 0 saturated carbocycles. The molecule has 0 atom stereocenters. The van der Waals surface area contributed by atoms with Gasteiger partial charge in [-0.2, -0.15) is 24.0 Å². The summed E-state index contributed by atoms with van der Waals surface area (Å²) in [6.45, 7) is 21.6. The molecule has 48 heavy (non-hydrogen) atoms. The summed E-state index contributed by atoms with van der Waals surface area (Å²) in [5.74, 6) is 1.36. The Balaban J connectivity index is 0. The number of thioether (sulfide) groups is 1. The highest BCUT2D eigenvalue weighted by Gasteiger charge is 2.21. The second kappa shape index (κ2) is 33.0. The average Bonchev–Trinajstić information content (AvgIpc) is 3.77. The number of nitrogens with zero attached hydrogens (tertiary/aromatic N) is 3. The van der Waals surface area contributed by atoms with Crippen LogP contribution in [-0.2, 0) is 11.3 Å². The lowest BCUT2D eigenvalue weighted by Gasteiger charge is -2.32. The summed E-state index contributed by atoms with van der Waals surface area (Å²) in [5.41, 5.74) is 3.36. The van der Waals surface area contributed by atoms with Crippen LogP contribution < -0.4 is 15.5 Å². The Morgan fingerprint density at radius 2 is 1.69 bits per heavy atom. The predicted molar refractivity (Wildman–Crippen MR) is 217 cm³/mol. The molecule has 0 aromatic carbocycles. The van der Waals surface area contributed by atoms with E-state index in [2.05, 4.69) is 115 Å². The summed E-state index contributed by atoms with van der Waals surface area (Å²) < 4.78 is 0. The van der Waals surface area contributed by atoms with Crippen LogP contribution in [0, 0.1) is 5.92 Å². The van der Waals surface area contributed by atoms with Gasteiger partial charge in [0, 0.05) is 37.8 Å². The van der Waals surface area contributed by atoms with Crippen LogP contribution >= 0.6 is 47.1 Å². The van der Waals surface area contributed by atoms with E-state index in [0.29, 0.717) is 12.3 Å². The molecule has 3 aromatic heterocycles. The van der Waals surface area contributed by atoms with Crippen LogP contribution in [0.4, 0.5) is 10.7 Å². The highest BCUT2D eigenvalue weighted by molar-refractivity contribution is 8.17. The number of nitrogens with one attached hydrogen (secondary N) is 2. The molecule has 12 heteroatoms. The van der Waals surface area contributed by atoms with E-state index in [-0.39, 0.29) is 0 Å². The lowest BCUT2D eigenvalue weighted by molar-refractivity contribution is -0.108. The number of imide groups is 1. The molecule has 1 fully saturated rings. The fourth-order valence-electron chi connectivity index (χ4n) is 3.85. The van der Waals surface area contributed by atoms with Crippen LogP contribution in [0.2, 0.25) is 0 Å². The maximum Gasteiger partial charge on any atom is 0.289 e. The van der Waals surface area contributed by atoms with Crippen molar-refractivity contribution >= 4 is 70.7 Å². The third-order valence-electron chi connectivity index (χ3n) is 5.58. The zero-order chi connectivity index (χ0) is 36.6. The summed E-state index contributed by atoms with van der Waals surface area (Å²) in [7, 11) is 1.00. The summed E-state index contributed by atoms with van der Waals surface area (Å²) in [6, 6.07) is 6.27. The van der Waals surface area contributed by atoms with Crippen molar-refractivity contribution < 1.29 is 14.7 Å². The zero-order valence-corrected chi connectivity index (χ0v) is 33.5. The van der Waals surface area contributed by atoms with Gasteiger partial charge in [-0.1, -0.05) is 67.4 Å². The number of allylic oxidation sites excluding steroid dienone is 1. The third kappa shape index (κ3) is 23.0. The van der Waals surface area contributed by atoms with Crippen LogP contribution in [0.25, 0.3) is 17.2 Å². The van der Waals surface area contributed by atoms with Crippen molar-refractivity contribution in [2.75, 3.05) is 31.6 Å². The monoisotopic (exact) mass is 737 g/mol. The Morgan fingerprint density at radius 3 is 2.23 bits per heavy atom. The summed E-state index contributed by atoms with van der Waals surface area (Å²) >= 11 is 8.07. The lowest BCUT2D eigenvalue weighted by Crippen LogP contribution is -2.38. The van der Waals surface area contributed by atoms with Gasteiger partial charge in [0.15, 0.2) is 0 Å². The van der Waals surface area contributed by atoms with E-state index in [1.54, 1.807) is 17.5 Å². The molecule has 0 bridgehead atoms. The van der Waals surface area contributed by atoms with Crippen molar-refractivity contribution in [3.63, 3.8) is 0 Å². The predicted octanol–water partition coefficient (Wildman–Crippen LogP) is 10.1. The first-order chi connectivity index (χ1) is 23.3.